The highest BCUT2D eigenvalue weighted by molar-refractivity contribution is 7.17. The Bertz CT molecular complexity index is 618. The number of nitrogens with one attached hydrogen (secondary N) is 1. The molecule has 0 radical (unpaired) electrons. The van der Waals surface area contributed by atoms with Gasteiger partial charge < -0.3 is 10.2 Å². The van der Waals surface area contributed by atoms with Crippen molar-refractivity contribution in [1.82, 2.24) is 10.2 Å². The van der Waals surface area contributed by atoms with E-state index >= 15 is 0 Å². The minimum atomic E-state index is 0.117. The molecule has 1 atom stereocenters. The van der Waals surface area contributed by atoms with Crippen LogP contribution in [0.3, 0.4) is 0 Å². The van der Waals surface area contributed by atoms with Crippen LogP contribution >= 0.6 is 11.3 Å². The van der Waals surface area contributed by atoms with Crippen LogP contribution in [0, 0.1) is 11.8 Å². The third-order valence-electron chi connectivity index (χ3n) is 4.25. The molecule has 1 aromatic carbocycles. The van der Waals surface area contributed by atoms with Crippen LogP contribution in [0.15, 0.2) is 29.6 Å². The Balaban J connectivity index is 1.71. The first-order valence-electron chi connectivity index (χ1n) is 7.07. The summed E-state index contributed by atoms with van der Waals surface area (Å²) in [5.41, 5.74) is 1.25. The molecule has 4 heteroatoms. The van der Waals surface area contributed by atoms with Gasteiger partial charge in [0.2, 0.25) is 5.91 Å². The molecule has 3 nitrogen and oxygen atoms in total. The Morgan fingerprint density at radius 1 is 1.45 bits per heavy atom. The van der Waals surface area contributed by atoms with Crippen molar-refractivity contribution in [3.8, 4) is 0 Å². The summed E-state index contributed by atoms with van der Waals surface area (Å²) in [6, 6.07) is 8.39. The van der Waals surface area contributed by atoms with Crippen molar-refractivity contribution in [1.29, 1.82) is 0 Å². The fourth-order valence-corrected chi connectivity index (χ4v) is 3.66. The molecule has 106 valence electrons. The number of hydrogen-bond donors (Lipinski definition) is 1. The molecule has 3 rings (SSSR count). The fourth-order valence-electron chi connectivity index (χ4n) is 2.70. The first-order valence-corrected chi connectivity index (χ1v) is 7.95. The number of nitrogens with zero attached hydrogens (tertiary/aromatic N) is 1. The lowest BCUT2D eigenvalue weighted by Crippen LogP contribution is -2.49. The Morgan fingerprint density at radius 3 is 2.90 bits per heavy atom. The van der Waals surface area contributed by atoms with Crippen molar-refractivity contribution >= 4 is 27.3 Å². The second-order valence-corrected chi connectivity index (χ2v) is 6.57. The van der Waals surface area contributed by atoms with Crippen LogP contribution < -0.4 is 5.32 Å². The quantitative estimate of drug-likeness (QED) is 0.938. The topological polar surface area (TPSA) is 32.3 Å². The molecular formula is C16H20N2OS. The summed E-state index contributed by atoms with van der Waals surface area (Å²) >= 11 is 1.75. The van der Waals surface area contributed by atoms with Gasteiger partial charge in [-0.2, -0.15) is 0 Å². The summed E-state index contributed by atoms with van der Waals surface area (Å²) in [7, 11) is 1.91. The number of hydrogen-bond acceptors (Lipinski definition) is 3. The van der Waals surface area contributed by atoms with E-state index < -0.39 is 0 Å². The third-order valence-corrected chi connectivity index (χ3v) is 5.27. The SMILES string of the molecule is CC(C(=O)N(C)Cc1csc2ccccc12)C1CNC1. The molecule has 0 spiro atoms. The Kier molecular flexibility index (Phi) is 3.76. The van der Waals surface area contributed by atoms with Gasteiger partial charge in [0, 0.05) is 24.2 Å². The predicted molar refractivity (Wildman–Crippen MR) is 83.8 cm³/mol. The van der Waals surface area contributed by atoms with Gasteiger partial charge in [-0.05, 0) is 41.4 Å². The molecule has 1 N–H and O–H groups in total. The van der Waals surface area contributed by atoms with Gasteiger partial charge >= 0.3 is 0 Å². The average Bonchev–Trinajstić information content (AvgIpc) is 2.79. The fraction of sp³-hybridized carbons (Fsp3) is 0.438. The molecule has 0 bridgehead atoms. The van der Waals surface area contributed by atoms with Crippen molar-refractivity contribution in [3.63, 3.8) is 0 Å². The molecule has 2 aromatic rings. The van der Waals surface area contributed by atoms with E-state index in [9.17, 15) is 4.79 Å². The number of thiophene rings is 1. The Morgan fingerprint density at radius 2 is 2.20 bits per heavy atom. The zero-order valence-corrected chi connectivity index (χ0v) is 12.7. The van der Waals surface area contributed by atoms with Crippen LogP contribution in [-0.4, -0.2) is 30.9 Å². The number of carbonyl (C=O) groups excluding carboxylic acids is 1. The molecule has 0 aliphatic carbocycles. The van der Waals surface area contributed by atoms with Crippen LogP contribution in [0.25, 0.3) is 10.1 Å². The van der Waals surface area contributed by atoms with Gasteiger partial charge in [-0.15, -0.1) is 11.3 Å². The number of carbonyl (C=O) groups is 1. The molecule has 1 aliphatic heterocycles. The predicted octanol–water partition coefficient (Wildman–Crippen LogP) is 2.72. The van der Waals surface area contributed by atoms with E-state index in [4.69, 9.17) is 0 Å². The van der Waals surface area contributed by atoms with Crippen molar-refractivity contribution < 1.29 is 4.79 Å². The summed E-state index contributed by atoms with van der Waals surface area (Å²) in [5, 5.41) is 6.68. The molecule has 20 heavy (non-hydrogen) atoms. The van der Waals surface area contributed by atoms with E-state index in [-0.39, 0.29) is 11.8 Å². The molecule has 1 amide bonds. The molecule has 1 aromatic heterocycles. The first kappa shape index (κ1) is 13.6. The second kappa shape index (κ2) is 5.54. The largest absolute Gasteiger partial charge is 0.341 e. The summed E-state index contributed by atoms with van der Waals surface area (Å²) in [4.78, 5) is 14.3. The summed E-state index contributed by atoms with van der Waals surface area (Å²) in [6.07, 6.45) is 0. The van der Waals surface area contributed by atoms with Crippen LogP contribution in [0.2, 0.25) is 0 Å². The smallest absolute Gasteiger partial charge is 0.225 e. The summed E-state index contributed by atoms with van der Waals surface area (Å²) < 4.78 is 1.29. The normalized spacial score (nSPS) is 16.9. The molecule has 1 unspecified atom stereocenters. The highest BCUT2D eigenvalue weighted by atomic mass is 32.1. The summed E-state index contributed by atoms with van der Waals surface area (Å²) in [5.74, 6) is 0.877. The van der Waals surface area contributed by atoms with E-state index in [0.717, 1.165) is 13.1 Å². The lowest BCUT2D eigenvalue weighted by atomic mass is 9.88. The monoisotopic (exact) mass is 288 g/mol. The Hall–Kier alpha value is -1.39. The zero-order valence-electron chi connectivity index (χ0n) is 11.9. The van der Waals surface area contributed by atoms with E-state index in [1.165, 1.54) is 15.6 Å². The van der Waals surface area contributed by atoms with Crippen LogP contribution in [0.1, 0.15) is 12.5 Å². The lowest BCUT2D eigenvalue weighted by molar-refractivity contribution is -0.136. The van der Waals surface area contributed by atoms with E-state index in [0.29, 0.717) is 12.5 Å². The second-order valence-electron chi connectivity index (χ2n) is 5.66. The maximum absolute atomic E-state index is 12.4. The third kappa shape index (κ3) is 2.45. The van der Waals surface area contributed by atoms with Gasteiger partial charge in [0.25, 0.3) is 0 Å². The average molecular weight is 288 g/mol. The van der Waals surface area contributed by atoms with Gasteiger partial charge in [0.1, 0.15) is 0 Å². The van der Waals surface area contributed by atoms with Crippen LogP contribution in [0.5, 0.6) is 0 Å². The van der Waals surface area contributed by atoms with E-state index in [2.05, 4.69) is 41.9 Å². The minimum absolute atomic E-state index is 0.117. The van der Waals surface area contributed by atoms with Crippen molar-refractivity contribution in [2.45, 2.75) is 13.5 Å². The van der Waals surface area contributed by atoms with Crippen LogP contribution in [-0.2, 0) is 11.3 Å². The number of amides is 1. The van der Waals surface area contributed by atoms with Gasteiger partial charge in [-0.3, -0.25) is 4.79 Å². The van der Waals surface area contributed by atoms with Gasteiger partial charge in [0.05, 0.1) is 0 Å². The maximum atomic E-state index is 12.4. The van der Waals surface area contributed by atoms with Gasteiger partial charge in [-0.1, -0.05) is 25.1 Å². The minimum Gasteiger partial charge on any atom is -0.341 e. The van der Waals surface area contributed by atoms with E-state index in [1.807, 2.05) is 11.9 Å². The molecule has 2 heterocycles. The highest BCUT2D eigenvalue weighted by Crippen LogP contribution is 2.27. The Labute approximate surface area is 123 Å². The standard InChI is InChI=1S/C16H20N2OS/c1-11(12-7-17-8-12)16(19)18(2)9-13-10-20-15-6-4-3-5-14(13)15/h3-6,10-12,17H,7-9H2,1-2H3. The lowest BCUT2D eigenvalue weighted by Gasteiger charge is -2.33. The molecular weight excluding hydrogens is 268 g/mol. The molecule has 0 saturated carbocycles. The van der Waals surface area contributed by atoms with Crippen molar-refractivity contribution in [2.24, 2.45) is 11.8 Å². The summed E-state index contributed by atoms with van der Waals surface area (Å²) in [6.45, 7) is 4.70. The van der Waals surface area contributed by atoms with Gasteiger partial charge in [-0.25, -0.2) is 0 Å². The van der Waals surface area contributed by atoms with Crippen molar-refractivity contribution in [3.05, 3.63) is 35.2 Å². The molecule has 1 aliphatic rings. The first-order chi connectivity index (χ1) is 9.66. The van der Waals surface area contributed by atoms with Crippen LogP contribution in [0.4, 0.5) is 0 Å². The number of fused-ring (bicyclic) bond motifs is 1. The molecule has 1 fully saturated rings. The highest BCUT2D eigenvalue weighted by Gasteiger charge is 2.30. The van der Waals surface area contributed by atoms with Crippen molar-refractivity contribution in [2.75, 3.05) is 20.1 Å². The molecule has 1 saturated heterocycles. The van der Waals surface area contributed by atoms with E-state index in [1.54, 1.807) is 11.3 Å². The van der Waals surface area contributed by atoms with Gasteiger partial charge in [0.15, 0.2) is 0 Å². The maximum Gasteiger partial charge on any atom is 0.225 e. The number of rotatable bonds is 4. The zero-order chi connectivity index (χ0) is 14.1. The number of benzene rings is 1.